The molecule has 0 radical (unpaired) electrons. The van der Waals surface area contributed by atoms with Crippen LogP contribution in [0, 0.1) is 0 Å². The molecule has 6 heteroatoms. The van der Waals surface area contributed by atoms with Crippen LogP contribution in [0.2, 0.25) is 0 Å². The lowest BCUT2D eigenvalue weighted by molar-refractivity contribution is -0.121. The molecule has 0 aliphatic carbocycles. The number of carbonyl (C=O) groups excluding carboxylic acids is 1. The van der Waals surface area contributed by atoms with E-state index in [4.69, 9.17) is 13.9 Å². The van der Waals surface area contributed by atoms with Gasteiger partial charge in [-0.15, -0.1) is 0 Å². The van der Waals surface area contributed by atoms with Crippen LogP contribution < -0.4 is 14.8 Å². The van der Waals surface area contributed by atoms with Crippen molar-refractivity contribution in [3.63, 3.8) is 0 Å². The second kappa shape index (κ2) is 11.8. The summed E-state index contributed by atoms with van der Waals surface area (Å²) in [6.07, 6.45) is 5.52. The smallest absolute Gasteiger partial charge is 0.220 e. The Labute approximate surface area is 183 Å². The van der Waals surface area contributed by atoms with Gasteiger partial charge in [-0.3, -0.25) is 4.79 Å². The number of hydrogen-bond donors (Lipinski definition) is 1. The van der Waals surface area contributed by atoms with Crippen LogP contribution in [0.5, 0.6) is 11.5 Å². The van der Waals surface area contributed by atoms with E-state index in [1.807, 2.05) is 48.5 Å². The van der Waals surface area contributed by atoms with Gasteiger partial charge in [-0.2, -0.15) is 0 Å². The van der Waals surface area contributed by atoms with Gasteiger partial charge in [-0.05, 0) is 30.5 Å². The van der Waals surface area contributed by atoms with Gasteiger partial charge < -0.3 is 19.2 Å². The number of unbranched alkanes of at least 4 members (excludes halogenated alkanes) is 1. The fraction of sp³-hybridized carbons (Fsp3) is 0.360. The molecule has 0 fully saturated rings. The third-order valence-electron chi connectivity index (χ3n) is 4.88. The van der Waals surface area contributed by atoms with Gasteiger partial charge in [-0.1, -0.05) is 49.7 Å². The van der Waals surface area contributed by atoms with E-state index in [2.05, 4.69) is 17.2 Å². The molecule has 1 N–H and O–H groups in total. The number of amides is 1. The van der Waals surface area contributed by atoms with Gasteiger partial charge >= 0.3 is 0 Å². The van der Waals surface area contributed by atoms with E-state index in [1.165, 1.54) is 0 Å². The van der Waals surface area contributed by atoms with Crippen molar-refractivity contribution >= 4 is 5.91 Å². The second-order valence-corrected chi connectivity index (χ2v) is 7.30. The summed E-state index contributed by atoms with van der Waals surface area (Å²) < 4.78 is 16.9. The minimum Gasteiger partial charge on any atom is -0.493 e. The molecule has 6 nitrogen and oxygen atoms in total. The Morgan fingerprint density at radius 1 is 1.10 bits per heavy atom. The molecular weight excluding hydrogens is 392 g/mol. The third-order valence-corrected chi connectivity index (χ3v) is 4.88. The topological polar surface area (TPSA) is 73.6 Å². The van der Waals surface area contributed by atoms with Crippen molar-refractivity contribution in [3.8, 4) is 22.8 Å². The highest BCUT2D eigenvalue weighted by molar-refractivity contribution is 5.75. The Hall–Kier alpha value is -3.28. The zero-order chi connectivity index (χ0) is 21.9. The number of nitrogens with one attached hydrogen (secondary N) is 1. The Kier molecular flexibility index (Phi) is 8.52. The molecule has 0 saturated heterocycles. The van der Waals surface area contributed by atoms with E-state index in [0.717, 1.165) is 35.5 Å². The minimum absolute atomic E-state index is 0.00271. The third kappa shape index (κ3) is 6.88. The maximum atomic E-state index is 12.2. The van der Waals surface area contributed by atoms with Crippen LogP contribution in [0.1, 0.15) is 44.1 Å². The summed E-state index contributed by atoms with van der Waals surface area (Å²) in [6.45, 7) is 3.24. The Morgan fingerprint density at radius 3 is 2.71 bits per heavy atom. The minimum atomic E-state index is -0.00271. The number of methoxy groups -OCH3 is 1. The molecule has 3 rings (SSSR count). The summed E-state index contributed by atoms with van der Waals surface area (Å²) in [7, 11) is 1.62. The number of aryl methyl sites for hydroxylation is 1. The monoisotopic (exact) mass is 422 g/mol. The van der Waals surface area contributed by atoms with E-state index in [1.54, 1.807) is 13.3 Å². The van der Waals surface area contributed by atoms with E-state index >= 15 is 0 Å². The molecule has 0 unspecified atom stereocenters. The van der Waals surface area contributed by atoms with Crippen molar-refractivity contribution in [2.45, 2.75) is 45.6 Å². The molecule has 0 bridgehead atoms. The van der Waals surface area contributed by atoms with Gasteiger partial charge in [-0.25, -0.2) is 4.98 Å². The number of carbonyl (C=O) groups is 1. The number of ether oxygens (including phenoxy) is 2. The van der Waals surface area contributed by atoms with Crippen molar-refractivity contribution in [1.29, 1.82) is 0 Å². The molecule has 31 heavy (non-hydrogen) atoms. The SMILES string of the molecule is CCCCOc1ccc(CNC(=O)CCCc2ncc(-c3ccccc3)o2)cc1OC. The first-order valence-corrected chi connectivity index (χ1v) is 10.8. The zero-order valence-corrected chi connectivity index (χ0v) is 18.2. The molecular formula is C25H30N2O4. The molecule has 1 amide bonds. The average molecular weight is 423 g/mol. The maximum Gasteiger partial charge on any atom is 0.220 e. The number of aromatic nitrogens is 1. The predicted octanol–water partition coefficient (Wildman–Crippen LogP) is 5.17. The van der Waals surface area contributed by atoms with Gasteiger partial charge in [0.2, 0.25) is 5.91 Å². The average Bonchev–Trinajstić information content (AvgIpc) is 3.28. The molecule has 0 aliphatic rings. The molecule has 0 spiro atoms. The Bertz CT molecular complexity index is 953. The summed E-state index contributed by atoms with van der Waals surface area (Å²) in [6, 6.07) is 15.6. The van der Waals surface area contributed by atoms with Gasteiger partial charge in [0.15, 0.2) is 23.1 Å². The normalized spacial score (nSPS) is 10.6. The largest absolute Gasteiger partial charge is 0.493 e. The standard InChI is InChI=1S/C25H30N2O4/c1-3-4-15-30-21-14-13-19(16-22(21)29-2)17-26-24(28)11-8-12-25-27-18-23(31-25)20-9-6-5-7-10-20/h5-7,9-10,13-14,16,18H,3-4,8,11-12,15,17H2,1-2H3,(H,26,28). The van der Waals surface area contributed by atoms with E-state index < -0.39 is 0 Å². The van der Waals surface area contributed by atoms with Crippen molar-refractivity contribution in [1.82, 2.24) is 10.3 Å². The summed E-state index contributed by atoms with van der Waals surface area (Å²) >= 11 is 0. The van der Waals surface area contributed by atoms with Crippen molar-refractivity contribution < 1.29 is 18.7 Å². The van der Waals surface area contributed by atoms with Crippen molar-refractivity contribution in [3.05, 3.63) is 66.2 Å². The zero-order valence-electron chi connectivity index (χ0n) is 18.2. The van der Waals surface area contributed by atoms with E-state index in [0.29, 0.717) is 44.1 Å². The number of oxazole rings is 1. The second-order valence-electron chi connectivity index (χ2n) is 7.30. The first-order chi connectivity index (χ1) is 15.2. The number of benzene rings is 2. The summed E-state index contributed by atoms with van der Waals surface area (Å²) in [4.78, 5) is 16.5. The lowest BCUT2D eigenvalue weighted by Gasteiger charge is -2.12. The molecule has 0 aliphatic heterocycles. The summed E-state index contributed by atoms with van der Waals surface area (Å²) in [5.74, 6) is 2.80. The molecule has 0 atom stereocenters. The number of rotatable bonds is 12. The molecule has 3 aromatic rings. The Morgan fingerprint density at radius 2 is 1.94 bits per heavy atom. The first-order valence-electron chi connectivity index (χ1n) is 10.8. The molecule has 1 aromatic heterocycles. The highest BCUT2D eigenvalue weighted by Gasteiger charge is 2.09. The van der Waals surface area contributed by atoms with Gasteiger partial charge in [0.25, 0.3) is 0 Å². The molecule has 164 valence electrons. The van der Waals surface area contributed by atoms with Crippen molar-refractivity contribution in [2.75, 3.05) is 13.7 Å². The number of nitrogens with zero attached hydrogens (tertiary/aromatic N) is 1. The van der Waals surface area contributed by atoms with E-state index in [9.17, 15) is 4.79 Å². The van der Waals surface area contributed by atoms with E-state index in [-0.39, 0.29) is 5.91 Å². The van der Waals surface area contributed by atoms with Gasteiger partial charge in [0.1, 0.15) is 0 Å². The molecule has 2 aromatic carbocycles. The van der Waals surface area contributed by atoms with Crippen molar-refractivity contribution in [2.24, 2.45) is 0 Å². The van der Waals surface area contributed by atoms with Crippen LogP contribution in [0.15, 0.2) is 59.1 Å². The fourth-order valence-electron chi connectivity index (χ4n) is 3.12. The predicted molar refractivity (Wildman–Crippen MR) is 120 cm³/mol. The van der Waals surface area contributed by atoms with Crippen LogP contribution in [0.25, 0.3) is 11.3 Å². The van der Waals surface area contributed by atoms with Crippen LogP contribution in [-0.4, -0.2) is 24.6 Å². The lowest BCUT2D eigenvalue weighted by Crippen LogP contribution is -2.22. The fourth-order valence-corrected chi connectivity index (χ4v) is 3.12. The summed E-state index contributed by atoms with van der Waals surface area (Å²) in [5.41, 5.74) is 1.96. The van der Waals surface area contributed by atoms with Crippen LogP contribution in [0.3, 0.4) is 0 Å². The summed E-state index contributed by atoms with van der Waals surface area (Å²) in [5, 5.41) is 2.95. The van der Waals surface area contributed by atoms with Gasteiger partial charge in [0, 0.05) is 24.9 Å². The first kappa shape index (κ1) is 22.4. The quantitative estimate of drug-likeness (QED) is 0.408. The lowest BCUT2D eigenvalue weighted by atomic mass is 10.2. The maximum absolute atomic E-state index is 12.2. The highest BCUT2D eigenvalue weighted by atomic mass is 16.5. The molecule has 0 saturated carbocycles. The van der Waals surface area contributed by atoms with Gasteiger partial charge in [0.05, 0.1) is 19.9 Å². The molecule has 1 heterocycles. The highest BCUT2D eigenvalue weighted by Crippen LogP contribution is 2.28. The number of hydrogen-bond acceptors (Lipinski definition) is 5. The van der Waals surface area contributed by atoms with Crippen LogP contribution in [-0.2, 0) is 17.8 Å². The Balaban J connectivity index is 1.42. The van der Waals surface area contributed by atoms with Crippen LogP contribution in [0.4, 0.5) is 0 Å². The van der Waals surface area contributed by atoms with Crippen LogP contribution >= 0.6 is 0 Å².